The number of carbonyl (C=O) groups is 1. The van der Waals surface area contributed by atoms with Crippen LogP contribution in [0.1, 0.15) is 31.2 Å². The number of hydrogen-bond acceptors (Lipinski definition) is 3. The van der Waals surface area contributed by atoms with Gasteiger partial charge in [-0.05, 0) is 12.8 Å². The van der Waals surface area contributed by atoms with Crippen molar-refractivity contribution in [2.24, 2.45) is 7.05 Å². The van der Waals surface area contributed by atoms with E-state index in [1.165, 1.54) is 0 Å². The molecule has 0 bridgehead atoms. The van der Waals surface area contributed by atoms with E-state index in [-0.39, 0.29) is 12.1 Å². The van der Waals surface area contributed by atoms with Gasteiger partial charge in [0.2, 0.25) is 0 Å². The molecule has 2 amide bonds. The summed E-state index contributed by atoms with van der Waals surface area (Å²) in [4.78, 5) is 11.7. The highest BCUT2D eigenvalue weighted by Crippen LogP contribution is 2.18. The van der Waals surface area contributed by atoms with Crippen molar-refractivity contribution in [2.45, 2.75) is 44.4 Å². The lowest BCUT2D eigenvalue weighted by atomic mass is 9.93. The lowest BCUT2D eigenvalue weighted by Gasteiger charge is -2.28. The van der Waals surface area contributed by atoms with E-state index < -0.39 is 6.10 Å². The van der Waals surface area contributed by atoms with Crippen molar-refractivity contribution in [2.75, 3.05) is 0 Å². The summed E-state index contributed by atoms with van der Waals surface area (Å²) in [6.45, 7) is 0.447. The Hall–Kier alpha value is -1.56. The number of aromatic nitrogens is 2. The predicted octanol–water partition coefficient (Wildman–Crippen LogP) is 0.523. The second-order valence-corrected chi connectivity index (χ2v) is 4.81. The summed E-state index contributed by atoms with van der Waals surface area (Å²) in [6, 6.07) is -0.350. The molecule has 1 heterocycles. The molecule has 1 saturated carbocycles. The predicted molar refractivity (Wildman–Crippen MR) is 66.8 cm³/mol. The second kappa shape index (κ2) is 5.86. The van der Waals surface area contributed by atoms with E-state index in [9.17, 15) is 9.90 Å². The van der Waals surface area contributed by atoms with Crippen LogP contribution in [0.3, 0.4) is 0 Å². The van der Waals surface area contributed by atoms with Gasteiger partial charge < -0.3 is 15.7 Å². The molecule has 1 aromatic heterocycles. The molecule has 2 unspecified atom stereocenters. The molecule has 0 radical (unpaired) electrons. The first-order valence-corrected chi connectivity index (χ1v) is 6.35. The van der Waals surface area contributed by atoms with Gasteiger partial charge in [-0.2, -0.15) is 5.10 Å². The van der Waals surface area contributed by atoms with E-state index in [4.69, 9.17) is 0 Å². The van der Waals surface area contributed by atoms with Crippen molar-refractivity contribution >= 4 is 6.03 Å². The van der Waals surface area contributed by atoms with Gasteiger partial charge in [0, 0.05) is 25.4 Å². The molecule has 0 aromatic carbocycles. The summed E-state index contributed by atoms with van der Waals surface area (Å²) >= 11 is 0. The molecule has 0 aliphatic heterocycles. The van der Waals surface area contributed by atoms with Gasteiger partial charge in [-0.3, -0.25) is 4.68 Å². The number of urea groups is 1. The molecule has 0 spiro atoms. The lowest BCUT2D eigenvalue weighted by Crippen LogP contribution is -2.48. The number of aryl methyl sites for hydroxylation is 1. The summed E-state index contributed by atoms with van der Waals surface area (Å²) in [5.41, 5.74) is 0.955. The zero-order chi connectivity index (χ0) is 13.0. The summed E-state index contributed by atoms with van der Waals surface area (Å²) in [7, 11) is 1.84. The number of carbonyl (C=O) groups excluding carboxylic acids is 1. The smallest absolute Gasteiger partial charge is 0.315 e. The fourth-order valence-electron chi connectivity index (χ4n) is 2.24. The van der Waals surface area contributed by atoms with Crippen LogP contribution in [0.15, 0.2) is 12.4 Å². The molecule has 18 heavy (non-hydrogen) atoms. The summed E-state index contributed by atoms with van der Waals surface area (Å²) in [6.07, 6.45) is 6.88. The summed E-state index contributed by atoms with van der Waals surface area (Å²) in [5, 5.41) is 19.4. The lowest BCUT2D eigenvalue weighted by molar-refractivity contribution is 0.0943. The number of rotatable bonds is 3. The molecule has 6 heteroatoms. The van der Waals surface area contributed by atoms with Gasteiger partial charge in [0.15, 0.2) is 0 Å². The third-order valence-electron chi connectivity index (χ3n) is 3.26. The van der Waals surface area contributed by atoms with Crippen molar-refractivity contribution in [1.29, 1.82) is 0 Å². The molecule has 3 N–H and O–H groups in total. The number of aliphatic hydroxyl groups is 1. The third kappa shape index (κ3) is 3.46. The molecular formula is C12H20N4O2. The van der Waals surface area contributed by atoms with Crippen molar-refractivity contribution < 1.29 is 9.90 Å². The Morgan fingerprint density at radius 1 is 1.56 bits per heavy atom. The SMILES string of the molecule is Cn1cc(CNC(=O)NC2CCCCC2O)cn1. The first-order chi connectivity index (χ1) is 8.65. The highest BCUT2D eigenvalue weighted by atomic mass is 16.3. The molecule has 1 aliphatic carbocycles. The average Bonchev–Trinajstić information content (AvgIpc) is 2.76. The monoisotopic (exact) mass is 252 g/mol. The van der Waals surface area contributed by atoms with Crippen LogP contribution < -0.4 is 10.6 Å². The van der Waals surface area contributed by atoms with E-state index in [1.807, 2.05) is 13.2 Å². The zero-order valence-electron chi connectivity index (χ0n) is 10.6. The first-order valence-electron chi connectivity index (χ1n) is 6.35. The standard InChI is InChI=1S/C12H20N4O2/c1-16-8-9(7-14-16)6-13-12(18)15-10-4-2-3-5-11(10)17/h7-8,10-11,17H,2-6H2,1H3,(H2,13,15,18). The molecular weight excluding hydrogens is 232 g/mol. The van der Waals surface area contributed by atoms with Gasteiger partial charge in [0.25, 0.3) is 0 Å². The molecule has 2 rings (SSSR count). The minimum atomic E-state index is -0.414. The Kier molecular flexibility index (Phi) is 4.19. The molecule has 6 nitrogen and oxygen atoms in total. The van der Waals surface area contributed by atoms with Gasteiger partial charge >= 0.3 is 6.03 Å². The summed E-state index contributed by atoms with van der Waals surface area (Å²) in [5.74, 6) is 0. The highest BCUT2D eigenvalue weighted by molar-refractivity contribution is 5.74. The van der Waals surface area contributed by atoms with Crippen LogP contribution in [0.25, 0.3) is 0 Å². The number of nitrogens with zero attached hydrogens (tertiary/aromatic N) is 2. The molecule has 100 valence electrons. The molecule has 1 aliphatic rings. The van der Waals surface area contributed by atoms with Crippen LogP contribution in [0.2, 0.25) is 0 Å². The van der Waals surface area contributed by atoms with E-state index >= 15 is 0 Å². The van der Waals surface area contributed by atoms with Crippen LogP contribution in [0, 0.1) is 0 Å². The van der Waals surface area contributed by atoms with Crippen molar-refractivity contribution in [1.82, 2.24) is 20.4 Å². The van der Waals surface area contributed by atoms with Crippen LogP contribution in [-0.4, -0.2) is 33.1 Å². The molecule has 2 atom stereocenters. The van der Waals surface area contributed by atoms with Gasteiger partial charge in [-0.1, -0.05) is 12.8 Å². The number of aliphatic hydroxyl groups excluding tert-OH is 1. The Morgan fingerprint density at radius 3 is 3.00 bits per heavy atom. The quantitative estimate of drug-likeness (QED) is 0.734. The first kappa shape index (κ1) is 12.9. The fraction of sp³-hybridized carbons (Fsp3) is 0.667. The molecule has 1 aromatic rings. The second-order valence-electron chi connectivity index (χ2n) is 4.81. The average molecular weight is 252 g/mol. The van der Waals surface area contributed by atoms with Crippen LogP contribution >= 0.6 is 0 Å². The third-order valence-corrected chi connectivity index (χ3v) is 3.26. The maximum absolute atomic E-state index is 11.7. The van der Waals surface area contributed by atoms with E-state index in [0.29, 0.717) is 6.54 Å². The minimum Gasteiger partial charge on any atom is -0.391 e. The normalized spacial score (nSPS) is 23.7. The van der Waals surface area contributed by atoms with E-state index in [2.05, 4.69) is 15.7 Å². The fourth-order valence-corrected chi connectivity index (χ4v) is 2.24. The largest absolute Gasteiger partial charge is 0.391 e. The zero-order valence-corrected chi connectivity index (χ0v) is 10.6. The number of amides is 2. The Bertz CT molecular complexity index is 405. The van der Waals surface area contributed by atoms with Gasteiger partial charge in [-0.25, -0.2) is 4.79 Å². The Morgan fingerprint density at radius 2 is 2.33 bits per heavy atom. The summed E-state index contributed by atoms with van der Waals surface area (Å²) < 4.78 is 1.69. The topological polar surface area (TPSA) is 79.2 Å². The number of nitrogens with one attached hydrogen (secondary N) is 2. The van der Waals surface area contributed by atoms with Gasteiger partial charge in [0.05, 0.1) is 18.3 Å². The van der Waals surface area contributed by atoms with Gasteiger partial charge in [0.1, 0.15) is 0 Å². The molecule has 1 fully saturated rings. The number of hydrogen-bond donors (Lipinski definition) is 3. The Labute approximate surface area is 106 Å². The Balaban J connectivity index is 1.74. The van der Waals surface area contributed by atoms with E-state index in [1.54, 1.807) is 10.9 Å². The maximum atomic E-state index is 11.7. The van der Waals surface area contributed by atoms with E-state index in [0.717, 1.165) is 31.2 Å². The van der Waals surface area contributed by atoms with Crippen molar-refractivity contribution in [3.8, 4) is 0 Å². The maximum Gasteiger partial charge on any atom is 0.315 e. The van der Waals surface area contributed by atoms with Crippen molar-refractivity contribution in [3.05, 3.63) is 18.0 Å². The van der Waals surface area contributed by atoms with Crippen LogP contribution in [-0.2, 0) is 13.6 Å². The molecule has 0 saturated heterocycles. The van der Waals surface area contributed by atoms with Crippen molar-refractivity contribution in [3.63, 3.8) is 0 Å². The van der Waals surface area contributed by atoms with Crippen LogP contribution in [0.4, 0.5) is 4.79 Å². The minimum absolute atomic E-state index is 0.118. The van der Waals surface area contributed by atoms with Gasteiger partial charge in [-0.15, -0.1) is 0 Å². The highest BCUT2D eigenvalue weighted by Gasteiger charge is 2.24. The van der Waals surface area contributed by atoms with Crippen LogP contribution in [0.5, 0.6) is 0 Å².